The van der Waals surface area contributed by atoms with Gasteiger partial charge in [-0.1, -0.05) is 91.0 Å². The Morgan fingerprint density at radius 1 is 0.891 bits per heavy atom. The number of hydrogen-bond donors (Lipinski definition) is 4. The monoisotopic (exact) mass is 625 g/mol. The van der Waals surface area contributed by atoms with Gasteiger partial charge in [0.25, 0.3) is 0 Å². The fraction of sp³-hybridized carbons (Fsp3) is 0.333. The van der Waals surface area contributed by atoms with Crippen LogP contribution in [0.25, 0.3) is 11.1 Å². The number of cyclic esters (lactones) is 1. The van der Waals surface area contributed by atoms with E-state index in [1.54, 1.807) is 12.2 Å². The first-order valence-corrected chi connectivity index (χ1v) is 15.6. The molecule has 1 aliphatic carbocycles. The fourth-order valence-electron chi connectivity index (χ4n) is 5.92. The molecule has 0 saturated heterocycles. The topological polar surface area (TPSA) is 143 Å². The normalized spacial score (nSPS) is 20.5. The number of carbonyl (C=O) groups is 4. The van der Waals surface area contributed by atoms with Gasteiger partial charge in [-0.3, -0.25) is 9.59 Å². The van der Waals surface area contributed by atoms with Crippen LogP contribution in [0, 0.1) is 5.92 Å². The highest BCUT2D eigenvalue weighted by Gasteiger charge is 2.31. The Bertz CT molecular complexity index is 1510. The first-order chi connectivity index (χ1) is 22.4. The number of fused-ring (bicyclic) bond motifs is 3. The van der Waals surface area contributed by atoms with E-state index in [4.69, 9.17) is 14.6 Å². The molecular weight excluding hydrogens is 586 g/mol. The van der Waals surface area contributed by atoms with Crippen LogP contribution in [0.4, 0.5) is 4.79 Å². The lowest BCUT2D eigenvalue weighted by Crippen LogP contribution is -2.47. The Kier molecular flexibility index (Phi) is 11.2. The third-order valence-electron chi connectivity index (χ3n) is 8.21. The number of benzene rings is 3. The highest BCUT2D eigenvalue weighted by Crippen LogP contribution is 2.44. The zero-order valence-electron chi connectivity index (χ0n) is 25.5. The van der Waals surface area contributed by atoms with Gasteiger partial charge < -0.3 is 30.5 Å². The van der Waals surface area contributed by atoms with E-state index in [1.165, 1.54) is 0 Å². The molecule has 5 rings (SSSR count). The van der Waals surface area contributed by atoms with Crippen LogP contribution >= 0.6 is 0 Å². The summed E-state index contributed by atoms with van der Waals surface area (Å²) < 4.78 is 11.3. The minimum Gasteiger partial charge on any atom is -0.462 e. The van der Waals surface area contributed by atoms with Crippen LogP contribution in [-0.4, -0.2) is 67.4 Å². The van der Waals surface area contributed by atoms with Crippen molar-refractivity contribution in [3.05, 3.63) is 108 Å². The second-order valence-electron chi connectivity index (χ2n) is 11.5. The first-order valence-electron chi connectivity index (χ1n) is 15.6. The zero-order valence-corrected chi connectivity index (χ0v) is 25.5. The van der Waals surface area contributed by atoms with Crippen LogP contribution in [0.2, 0.25) is 0 Å². The molecule has 0 aromatic heterocycles. The van der Waals surface area contributed by atoms with Crippen LogP contribution < -0.4 is 16.0 Å². The lowest BCUT2D eigenvalue weighted by Gasteiger charge is -2.24. The van der Waals surface area contributed by atoms with Crippen molar-refractivity contribution in [2.75, 3.05) is 26.4 Å². The summed E-state index contributed by atoms with van der Waals surface area (Å²) in [4.78, 5) is 52.0. The molecule has 0 unspecified atom stereocenters. The predicted molar refractivity (Wildman–Crippen MR) is 172 cm³/mol. The minimum absolute atomic E-state index is 0.0740. The van der Waals surface area contributed by atoms with Crippen molar-refractivity contribution in [1.82, 2.24) is 16.0 Å². The molecule has 2 aliphatic rings. The third-order valence-corrected chi connectivity index (χ3v) is 8.21. The zero-order chi connectivity index (χ0) is 32.3. The Labute approximate surface area is 268 Å². The molecular formula is C36H39N3O7. The number of alkyl carbamates (subject to hydrolysis) is 1. The summed E-state index contributed by atoms with van der Waals surface area (Å²) >= 11 is 0. The summed E-state index contributed by atoms with van der Waals surface area (Å²) in [7, 11) is 0. The van der Waals surface area contributed by atoms with Crippen molar-refractivity contribution in [2.45, 2.75) is 43.7 Å². The summed E-state index contributed by atoms with van der Waals surface area (Å²) in [5.74, 6) is -2.15. The average Bonchev–Trinajstić information content (AvgIpc) is 3.39. The summed E-state index contributed by atoms with van der Waals surface area (Å²) in [6, 6.07) is 23.9. The van der Waals surface area contributed by atoms with Gasteiger partial charge in [0.2, 0.25) is 11.8 Å². The minimum atomic E-state index is -1.02. The maximum atomic E-state index is 13.3. The number of carbonyl (C=O) groups excluding carboxylic acids is 4. The molecule has 0 fully saturated rings. The van der Waals surface area contributed by atoms with Gasteiger partial charge in [-0.2, -0.15) is 0 Å². The second kappa shape index (κ2) is 15.9. The molecule has 46 heavy (non-hydrogen) atoms. The quantitative estimate of drug-likeness (QED) is 0.210. The summed E-state index contributed by atoms with van der Waals surface area (Å²) in [5.41, 5.74) is 5.32. The molecule has 1 heterocycles. The van der Waals surface area contributed by atoms with E-state index >= 15 is 0 Å². The highest BCUT2D eigenvalue weighted by atomic mass is 16.6. The van der Waals surface area contributed by atoms with Crippen molar-refractivity contribution in [3.8, 4) is 11.1 Å². The highest BCUT2D eigenvalue weighted by molar-refractivity contribution is 5.86. The SMILES string of the molecule is O=C(C[C@@H]1C/C=C\C[C@@H](NC(=O)OCC2c3ccccc3-c3ccccc32)C(=O)OC[C@@H](Cc2ccccc2)NC1=O)NCCO. The Hall–Kier alpha value is -4.96. The molecule has 3 atom stereocenters. The molecule has 0 spiro atoms. The number of hydrogen-bond acceptors (Lipinski definition) is 7. The van der Waals surface area contributed by atoms with E-state index in [-0.39, 0.29) is 63.4 Å². The number of aliphatic hydroxyl groups is 1. The van der Waals surface area contributed by atoms with E-state index in [0.29, 0.717) is 6.42 Å². The number of nitrogens with one attached hydrogen (secondary N) is 3. The smallest absolute Gasteiger partial charge is 0.407 e. The maximum Gasteiger partial charge on any atom is 0.407 e. The number of aliphatic hydroxyl groups excluding tert-OH is 1. The van der Waals surface area contributed by atoms with Crippen LogP contribution in [0.5, 0.6) is 0 Å². The number of amides is 3. The van der Waals surface area contributed by atoms with E-state index in [0.717, 1.165) is 27.8 Å². The fourth-order valence-corrected chi connectivity index (χ4v) is 5.92. The summed E-state index contributed by atoms with van der Waals surface area (Å²) in [5, 5.41) is 17.3. The van der Waals surface area contributed by atoms with Crippen molar-refractivity contribution < 1.29 is 33.8 Å². The molecule has 0 saturated carbocycles. The van der Waals surface area contributed by atoms with Gasteiger partial charge in [0.05, 0.1) is 18.6 Å². The molecule has 0 radical (unpaired) electrons. The van der Waals surface area contributed by atoms with Crippen LogP contribution in [0.3, 0.4) is 0 Å². The first kappa shape index (κ1) is 32.4. The number of rotatable bonds is 9. The van der Waals surface area contributed by atoms with Gasteiger partial charge in [0, 0.05) is 18.9 Å². The number of ether oxygens (including phenoxy) is 2. The molecule has 10 heteroatoms. The van der Waals surface area contributed by atoms with Crippen molar-refractivity contribution >= 4 is 23.9 Å². The molecule has 240 valence electrons. The standard InChI is InChI=1S/C36H39N3O7/c40-19-18-37-33(41)21-25-12-4-9-17-32(35(43)45-22-26(38-34(25)42)20-24-10-2-1-3-11-24)39-36(44)46-23-31-29-15-7-5-13-27(29)28-14-6-8-16-30(28)31/h1-11,13-16,25-26,31-32,40H,12,17-23H2,(H,37,41)(H,38,42)(H,39,44)/b9-4-/t25-,26+,32+/m0/s1. The van der Waals surface area contributed by atoms with Crippen LogP contribution in [0.1, 0.15) is 41.9 Å². The number of allylic oxidation sites excluding steroid dienone is 1. The van der Waals surface area contributed by atoms with Gasteiger partial charge in [-0.05, 0) is 47.1 Å². The maximum absolute atomic E-state index is 13.3. The molecule has 3 aromatic rings. The van der Waals surface area contributed by atoms with E-state index in [2.05, 4.69) is 28.1 Å². The predicted octanol–water partition coefficient (Wildman–Crippen LogP) is 3.63. The molecule has 1 aliphatic heterocycles. The van der Waals surface area contributed by atoms with Gasteiger partial charge in [0.1, 0.15) is 19.3 Å². The molecule has 0 bridgehead atoms. The second-order valence-corrected chi connectivity index (χ2v) is 11.5. The van der Waals surface area contributed by atoms with Gasteiger partial charge >= 0.3 is 12.1 Å². The summed E-state index contributed by atoms with van der Waals surface area (Å²) in [6.45, 7) is -0.137. The molecule has 4 N–H and O–H groups in total. The van der Waals surface area contributed by atoms with Crippen LogP contribution in [-0.2, 0) is 30.3 Å². The Morgan fingerprint density at radius 3 is 2.24 bits per heavy atom. The molecule has 10 nitrogen and oxygen atoms in total. The van der Waals surface area contributed by atoms with Gasteiger partial charge in [-0.15, -0.1) is 0 Å². The Morgan fingerprint density at radius 2 is 1.54 bits per heavy atom. The van der Waals surface area contributed by atoms with E-state index in [1.807, 2.05) is 66.7 Å². The van der Waals surface area contributed by atoms with E-state index in [9.17, 15) is 19.2 Å². The molecule has 3 aromatic carbocycles. The van der Waals surface area contributed by atoms with E-state index < -0.39 is 30.1 Å². The van der Waals surface area contributed by atoms with Crippen molar-refractivity contribution in [3.63, 3.8) is 0 Å². The summed E-state index contributed by atoms with van der Waals surface area (Å²) in [6.07, 6.45) is 3.33. The van der Waals surface area contributed by atoms with Gasteiger partial charge in [-0.25, -0.2) is 9.59 Å². The Balaban J connectivity index is 1.27. The third kappa shape index (κ3) is 8.39. The number of esters is 1. The van der Waals surface area contributed by atoms with Crippen molar-refractivity contribution in [1.29, 1.82) is 0 Å². The van der Waals surface area contributed by atoms with Crippen LogP contribution in [0.15, 0.2) is 91.0 Å². The lowest BCUT2D eigenvalue weighted by atomic mass is 9.97. The largest absolute Gasteiger partial charge is 0.462 e. The van der Waals surface area contributed by atoms with Crippen molar-refractivity contribution in [2.24, 2.45) is 5.92 Å². The lowest BCUT2D eigenvalue weighted by molar-refractivity contribution is -0.147. The van der Waals surface area contributed by atoms with Gasteiger partial charge in [0.15, 0.2) is 0 Å². The molecule has 3 amide bonds. The average molecular weight is 626 g/mol.